The van der Waals surface area contributed by atoms with Crippen molar-refractivity contribution in [3.8, 4) is 11.5 Å². The molecule has 1 aliphatic heterocycles. The van der Waals surface area contributed by atoms with Crippen LogP contribution in [0.1, 0.15) is 99.5 Å². The number of nitrogens with one attached hydrogen (secondary N) is 4. The van der Waals surface area contributed by atoms with Gasteiger partial charge in [-0.15, -0.1) is 0 Å². The number of ether oxygens (including phenoxy) is 2. The van der Waals surface area contributed by atoms with Gasteiger partial charge in [-0.1, -0.05) is 58.3 Å². The second-order valence-electron chi connectivity index (χ2n) is 12.1. The zero-order valence-electron chi connectivity index (χ0n) is 26.9. The van der Waals surface area contributed by atoms with E-state index in [0.29, 0.717) is 0 Å². The average Bonchev–Trinajstić information content (AvgIpc) is 3.88. The molecule has 0 fully saturated rings. The predicted molar refractivity (Wildman–Crippen MR) is 184 cm³/mol. The third-order valence-corrected chi connectivity index (χ3v) is 8.82. The molecule has 0 saturated carbocycles. The molecule has 1 aromatic carbocycles. The first-order valence-corrected chi connectivity index (χ1v) is 16.6. The Balaban J connectivity index is 1.44. The summed E-state index contributed by atoms with van der Waals surface area (Å²) in [6.07, 6.45) is 17.1. The maximum atomic E-state index is 5.66. The van der Waals surface area contributed by atoms with Gasteiger partial charge in [-0.2, -0.15) is 0 Å². The molecule has 0 radical (unpaired) electrons. The van der Waals surface area contributed by atoms with Crippen LogP contribution in [0.2, 0.25) is 0 Å². The van der Waals surface area contributed by atoms with Crippen LogP contribution in [0, 0.1) is 0 Å². The molecule has 45 heavy (non-hydrogen) atoms. The highest BCUT2D eigenvalue weighted by Crippen LogP contribution is 2.29. The normalized spacial score (nSPS) is 12.6. The molecule has 0 saturated heterocycles. The fourth-order valence-electron chi connectivity index (χ4n) is 6.40. The number of aromatic amines is 4. The van der Waals surface area contributed by atoms with E-state index in [-0.39, 0.29) is 0 Å². The molecular formula is C39H46N4O2. The number of hydrogen-bond acceptors (Lipinski definition) is 2. The van der Waals surface area contributed by atoms with Crippen molar-refractivity contribution in [3.05, 3.63) is 116 Å². The monoisotopic (exact) mass is 602 g/mol. The average molecular weight is 603 g/mol. The highest BCUT2D eigenvalue weighted by Gasteiger charge is 2.14. The lowest BCUT2D eigenvalue weighted by Gasteiger charge is -2.11. The van der Waals surface area contributed by atoms with Gasteiger partial charge in [0.1, 0.15) is 11.5 Å². The van der Waals surface area contributed by atoms with Gasteiger partial charge in [-0.25, -0.2) is 0 Å². The number of rotatable bonds is 13. The van der Waals surface area contributed by atoms with Gasteiger partial charge in [0.25, 0.3) is 0 Å². The van der Waals surface area contributed by atoms with Crippen molar-refractivity contribution in [1.29, 1.82) is 0 Å². The highest BCUT2D eigenvalue weighted by molar-refractivity contribution is 5.79. The van der Waals surface area contributed by atoms with E-state index >= 15 is 0 Å². The van der Waals surface area contributed by atoms with Gasteiger partial charge in [0.05, 0.1) is 14.2 Å². The topological polar surface area (TPSA) is 81.6 Å². The van der Waals surface area contributed by atoms with Crippen LogP contribution in [0.4, 0.5) is 0 Å². The minimum Gasteiger partial charge on any atom is -0.497 e. The zero-order valence-corrected chi connectivity index (χ0v) is 26.9. The SMILES string of the molecule is CCCCCCCCCCCC1=c2ccc([nH]2)=C(c2cc(OC)cc(OC)c2)c2ccc([nH]2)C=c2ccc([nH]2)=Cc2ccc1[nH]2. The quantitative estimate of drug-likeness (QED) is 0.118. The van der Waals surface area contributed by atoms with Gasteiger partial charge < -0.3 is 29.4 Å². The van der Waals surface area contributed by atoms with Crippen LogP contribution < -0.4 is 30.9 Å². The van der Waals surface area contributed by atoms with Gasteiger partial charge in [-0.3, -0.25) is 0 Å². The molecule has 6 heteroatoms. The van der Waals surface area contributed by atoms with E-state index in [0.717, 1.165) is 79.6 Å². The Morgan fingerprint density at radius 3 is 1.76 bits per heavy atom. The third-order valence-electron chi connectivity index (χ3n) is 8.82. The molecule has 5 heterocycles. The van der Waals surface area contributed by atoms with Crippen molar-refractivity contribution in [2.75, 3.05) is 14.2 Å². The molecule has 234 valence electrons. The van der Waals surface area contributed by atoms with Crippen LogP contribution in [0.5, 0.6) is 11.5 Å². The van der Waals surface area contributed by atoms with E-state index in [9.17, 15) is 0 Å². The number of methoxy groups -OCH3 is 2. The van der Waals surface area contributed by atoms with E-state index in [1.54, 1.807) is 14.2 Å². The summed E-state index contributed by atoms with van der Waals surface area (Å²) in [5, 5.41) is 4.27. The molecule has 4 aromatic heterocycles. The minimum absolute atomic E-state index is 0.751. The second-order valence-corrected chi connectivity index (χ2v) is 12.1. The van der Waals surface area contributed by atoms with Crippen LogP contribution in [-0.2, 0) is 0 Å². The van der Waals surface area contributed by atoms with Crippen molar-refractivity contribution < 1.29 is 9.47 Å². The molecular weight excluding hydrogens is 556 g/mol. The lowest BCUT2D eigenvalue weighted by atomic mass is 10.0. The van der Waals surface area contributed by atoms with Crippen molar-refractivity contribution in [2.24, 2.45) is 0 Å². The number of H-pyrrole nitrogens is 4. The molecule has 1 aliphatic rings. The Kier molecular flexibility index (Phi) is 9.79. The van der Waals surface area contributed by atoms with Crippen LogP contribution in [-0.4, -0.2) is 34.2 Å². The van der Waals surface area contributed by atoms with E-state index < -0.39 is 0 Å². The maximum absolute atomic E-state index is 5.66. The van der Waals surface area contributed by atoms with Gasteiger partial charge in [0.2, 0.25) is 0 Å². The van der Waals surface area contributed by atoms with E-state index in [1.165, 1.54) is 56.9 Å². The fourth-order valence-corrected chi connectivity index (χ4v) is 6.40. The summed E-state index contributed by atoms with van der Waals surface area (Å²) in [7, 11) is 3.38. The number of fused-ring (bicyclic) bond motifs is 8. The molecule has 4 N–H and O–H groups in total. The first kappa shape index (κ1) is 30.4. The summed E-state index contributed by atoms with van der Waals surface area (Å²) in [6.45, 7) is 2.28. The van der Waals surface area contributed by atoms with Crippen LogP contribution in [0.3, 0.4) is 0 Å². The maximum Gasteiger partial charge on any atom is 0.123 e. The first-order chi connectivity index (χ1) is 22.1. The molecule has 0 aliphatic carbocycles. The predicted octanol–water partition coefficient (Wildman–Crippen LogP) is 6.35. The van der Waals surface area contributed by atoms with Gasteiger partial charge >= 0.3 is 0 Å². The van der Waals surface area contributed by atoms with Crippen LogP contribution >= 0.6 is 0 Å². The summed E-state index contributed by atoms with van der Waals surface area (Å²) >= 11 is 0. The zero-order chi connectivity index (χ0) is 31.0. The van der Waals surface area contributed by atoms with Crippen LogP contribution in [0.15, 0.2) is 66.7 Å². The lowest BCUT2D eigenvalue weighted by Crippen LogP contribution is -2.17. The molecule has 0 atom stereocenters. The molecule has 0 amide bonds. The Morgan fingerprint density at radius 2 is 1.11 bits per heavy atom. The summed E-state index contributed by atoms with van der Waals surface area (Å²) < 4.78 is 11.3. The van der Waals surface area contributed by atoms with Crippen molar-refractivity contribution in [3.63, 3.8) is 0 Å². The number of unbranched alkanes of at least 4 members (excludes halogenated alkanes) is 8. The highest BCUT2D eigenvalue weighted by atomic mass is 16.5. The Hall–Kier alpha value is -4.58. The molecule has 0 unspecified atom stereocenters. The molecule has 5 aromatic rings. The van der Waals surface area contributed by atoms with Gasteiger partial charge in [-0.05, 0) is 96.8 Å². The van der Waals surface area contributed by atoms with Gasteiger partial charge in [0.15, 0.2) is 0 Å². The smallest absolute Gasteiger partial charge is 0.123 e. The molecule has 0 spiro atoms. The Bertz CT molecular complexity index is 1940. The van der Waals surface area contributed by atoms with Crippen molar-refractivity contribution in [1.82, 2.24) is 19.9 Å². The van der Waals surface area contributed by atoms with Crippen LogP contribution in [0.25, 0.3) is 23.3 Å². The summed E-state index contributed by atoms with van der Waals surface area (Å²) in [6, 6.07) is 23.4. The fraction of sp³-hybridized carbons (Fsp3) is 0.333. The van der Waals surface area contributed by atoms with Gasteiger partial charge in [0, 0.05) is 55.8 Å². The molecule has 6 rings (SSSR count). The standard InChI is InChI=1S/C39H46N4O2/c1-4-5-6-7-8-9-10-11-12-13-34-35-18-16-30(41-35)24-28-14-15-29(40-28)25-31-17-19-37(42-31)39(38-21-20-36(34)43-38)27-22-32(44-2)26-33(23-27)45-3/h14-26,40-43H,4-13H2,1-3H3. The number of hydrogen-bond donors (Lipinski definition) is 4. The largest absolute Gasteiger partial charge is 0.497 e. The summed E-state index contributed by atoms with van der Waals surface area (Å²) in [5.74, 6) is 1.50. The van der Waals surface area contributed by atoms with E-state index in [4.69, 9.17) is 9.47 Å². The first-order valence-electron chi connectivity index (χ1n) is 16.6. The van der Waals surface area contributed by atoms with Crippen molar-refractivity contribution in [2.45, 2.75) is 71.1 Å². The second kappa shape index (κ2) is 14.5. The number of benzene rings is 1. The van der Waals surface area contributed by atoms with Crippen molar-refractivity contribution >= 4 is 23.3 Å². The lowest BCUT2D eigenvalue weighted by molar-refractivity contribution is 0.394. The Labute approximate surface area is 265 Å². The number of aromatic nitrogens is 4. The summed E-state index contributed by atoms with van der Waals surface area (Å²) in [4.78, 5) is 14.7. The Morgan fingerprint density at radius 1 is 0.533 bits per heavy atom. The minimum atomic E-state index is 0.751. The van der Waals surface area contributed by atoms with E-state index in [1.807, 2.05) is 6.07 Å². The molecule has 8 bridgehead atoms. The van der Waals surface area contributed by atoms with E-state index in [2.05, 4.69) is 99.7 Å². The third kappa shape index (κ3) is 7.39. The summed E-state index contributed by atoms with van der Waals surface area (Å²) in [5.41, 5.74) is 7.65. The molecule has 6 nitrogen and oxygen atoms in total.